The zero-order valence-corrected chi connectivity index (χ0v) is 11.8. The van der Waals surface area contributed by atoms with Gasteiger partial charge in [-0.2, -0.15) is 4.31 Å². The highest BCUT2D eigenvalue weighted by molar-refractivity contribution is 7.89. The van der Waals surface area contributed by atoms with Crippen LogP contribution in [0.15, 0.2) is 23.1 Å². The standard InChI is InChI=1S/C14H18N2O2S/c1-12-11-14(7-6-13(12)5-4-8-15)19(17,18)16-9-2-3-10-16/h6-7,11H,2-3,8-10,15H2,1H3. The van der Waals surface area contributed by atoms with Gasteiger partial charge in [-0.05, 0) is 43.5 Å². The summed E-state index contributed by atoms with van der Waals surface area (Å²) in [5.41, 5.74) is 7.02. The van der Waals surface area contributed by atoms with E-state index in [1.165, 1.54) is 0 Å². The van der Waals surface area contributed by atoms with Gasteiger partial charge in [-0.1, -0.05) is 11.8 Å². The normalized spacial score (nSPS) is 16.1. The summed E-state index contributed by atoms with van der Waals surface area (Å²) in [7, 11) is -3.34. The molecule has 0 atom stereocenters. The minimum absolute atomic E-state index is 0.299. The monoisotopic (exact) mass is 278 g/mol. The minimum Gasteiger partial charge on any atom is -0.320 e. The van der Waals surface area contributed by atoms with E-state index in [2.05, 4.69) is 11.8 Å². The summed E-state index contributed by atoms with van der Waals surface area (Å²) in [5, 5.41) is 0. The Bertz CT molecular complexity index is 621. The first-order chi connectivity index (χ1) is 9.05. The van der Waals surface area contributed by atoms with E-state index in [1.807, 2.05) is 6.92 Å². The summed E-state index contributed by atoms with van der Waals surface area (Å²) in [4.78, 5) is 0.352. The topological polar surface area (TPSA) is 63.4 Å². The van der Waals surface area contributed by atoms with E-state index < -0.39 is 10.0 Å². The molecule has 0 unspecified atom stereocenters. The van der Waals surface area contributed by atoms with Crippen LogP contribution >= 0.6 is 0 Å². The Balaban J connectivity index is 2.34. The van der Waals surface area contributed by atoms with E-state index in [0.717, 1.165) is 24.0 Å². The molecule has 1 aromatic carbocycles. The first-order valence-corrected chi connectivity index (χ1v) is 7.79. The molecule has 0 spiro atoms. The van der Waals surface area contributed by atoms with Crippen molar-refractivity contribution in [3.8, 4) is 11.8 Å². The van der Waals surface area contributed by atoms with Gasteiger partial charge in [0.15, 0.2) is 0 Å². The Morgan fingerprint density at radius 2 is 2.00 bits per heavy atom. The predicted octanol–water partition coefficient (Wildman–Crippen LogP) is 1.09. The summed E-state index contributed by atoms with van der Waals surface area (Å²) >= 11 is 0. The molecule has 0 radical (unpaired) electrons. The maximum Gasteiger partial charge on any atom is 0.243 e. The molecule has 5 heteroatoms. The Labute approximate surface area is 114 Å². The van der Waals surface area contributed by atoms with Gasteiger partial charge in [0, 0.05) is 18.7 Å². The number of hydrogen-bond acceptors (Lipinski definition) is 3. The van der Waals surface area contributed by atoms with Crippen LogP contribution in [-0.4, -0.2) is 32.4 Å². The van der Waals surface area contributed by atoms with Crippen LogP contribution in [0.1, 0.15) is 24.0 Å². The molecule has 1 aliphatic heterocycles. The Kier molecular flexibility index (Phi) is 4.25. The Morgan fingerprint density at radius 1 is 1.32 bits per heavy atom. The van der Waals surface area contributed by atoms with Crippen LogP contribution in [0.2, 0.25) is 0 Å². The molecule has 0 saturated carbocycles. The van der Waals surface area contributed by atoms with Crippen LogP contribution in [0.5, 0.6) is 0 Å². The quantitative estimate of drug-likeness (QED) is 0.824. The Morgan fingerprint density at radius 3 is 2.58 bits per heavy atom. The summed E-state index contributed by atoms with van der Waals surface area (Å²) < 4.78 is 26.3. The largest absolute Gasteiger partial charge is 0.320 e. The molecule has 0 aliphatic carbocycles. The zero-order chi connectivity index (χ0) is 13.9. The number of benzene rings is 1. The van der Waals surface area contributed by atoms with Crippen LogP contribution in [0, 0.1) is 18.8 Å². The summed E-state index contributed by atoms with van der Waals surface area (Å²) in [6.45, 7) is 3.41. The molecule has 0 aromatic heterocycles. The molecule has 1 aliphatic rings. The maximum atomic E-state index is 12.4. The van der Waals surface area contributed by atoms with Gasteiger partial charge in [-0.15, -0.1) is 0 Å². The van der Waals surface area contributed by atoms with Crippen molar-refractivity contribution >= 4 is 10.0 Å². The van der Waals surface area contributed by atoms with Crippen molar-refractivity contribution < 1.29 is 8.42 Å². The molecule has 1 saturated heterocycles. The van der Waals surface area contributed by atoms with Gasteiger partial charge < -0.3 is 5.73 Å². The number of nitrogens with two attached hydrogens (primary N) is 1. The van der Waals surface area contributed by atoms with Crippen molar-refractivity contribution in [2.45, 2.75) is 24.7 Å². The minimum atomic E-state index is -3.34. The third kappa shape index (κ3) is 2.98. The van der Waals surface area contributed by atoms with Crippen molar-refractivity contribution in [3.63, 3.8) is 0 Å². The molecule has 4 nitrogen and oxygen atoms in total. The van der Waals surface area contributed by atoms with Crippen LogP contribution in [0.4, 0.5) is 0 Å². The van der Waals surface area contributed by atoms with E-state index in [-0.39, 0.29) is 0 Å². The van der Waals surface area contributed by atoms with Crippen LogP contribution in [0.25, 0.3) is 0 Å². The summed E-state index contributed by atoms with van der Waals surface area (Å²) in [5.74, 6) is 5.71. The average Bonchev–Trinajstić information content (AvgIpc) is 2.91. The van der Waals surface area contributed by atoms with Crippen LogP contribution in [-0.2, 0) is 10.0 Å². The third-order valence-electron chi connectivity index (χ3n) is 3.23. The molecule has 2 rings (SSSR count). The van der Waals surface area contributed by atoms with Gasteiger partial charge in [-0.25, -0.2) is 8.42 Å². The van der Waals surface area contributed by atoms with E-state index in [4.69, 9.17) is 5.73 Å². The fraction of sp³-hybridized carbons (Fsp3) is 0.429. The van der Waals surface area contributed by atoms with Gasteiger partial charge in [0.05, 0.1) is 11.4 Å². The maximum absolute atomic E-state index is 12.4. The van der Waals surface area contributed by atoms with Gasteiger partial charge in [0.1, 0.15) is 0 Å². The second-order valence-electron chi connectivity index (χ2n) is 4.59. The highest BCUT2D eigenvalue weighted by Gasteiger charge is 2.27. The van der Waals surface area contributed by atoms with E-state index in [1.54, 1.807) is 22.5 Å². The molecule has 1 fully saturated rings. The number of sulfonamides is 1. The summed E-state index contributed by atoms with van der Waals surface area (Å²) in [6, 6.07) is 5.07. The number of rotatable bonds is 2. The van der Waals surface area contributed by atoms with Crippen molar-refractivity contribution in [2.75, 3.05) is 19.6 Å². The fourth-order valence-electron chi connectivity index (χ4n) is 2.16. The smallest absolute Gasteiger partial charge is 0.243 e. The lowest BCUT2D eigenvalue weighted by Gasteiger charge is -2.16. The van der Waals surface area contributed by atoms with Gasteiger partial charge >= 0.3 is 0 Å². The molecule has 0 amide bonds. The average molecular weight is 278 g/mol. The predicted molar refractivity (Wildman–Crippen MR) is 75.1 cm³/mol. The molecule has 19 heavy (non-hydrogen) atoms. The summed E-state index contributed by atoms with van der Waals surface area (Å²) in [6.07, 6.45) is 1.89. The van der Waals surface area contributed by atoms with Gasteiger partial charge in [0.2, 0.25) is 10.0 Å². The highest BCUT2D eigenvalue weighted by Crippen LogP contribution is 2.22. The van der Waals surface area contributed by atoms with E-state index in [9.17, 15) is 8.42 Å². The molecule has 1 heterocycles. The van der Waals surface area contributed by atoms with Crippen molar-refractivity contribution in [1.29, 1.82) is 0 Å². The zero-order valence-electron chi connectivity index (χ0n) is 11.0. The first-order valence-electron chi connectivity index (χ1n) is 6.35. The third-order valence-corrected chi connectivity index (χ3v) is 5.12. The second-order valence-corrected chi connectivity index (χ2v) is 6.53. The van der Waals surface area contributed by atoms with Gasteiger partial charge in [-0.3, -0.25) is 0 Å². The van der Waals surface area contributed by atoms with Crippen LogP contribution < -0.4 is 5.73 Å². The lowest BCUT2D eigenvalue weighted by Crippen LogP contribution is -2.27. The molecule has 102 valence electrons. The molecule has 1 aromatic rings. The molecular formula is C14H18N2O2S. The van der Waals surface area contributed by atoms with Crippen molar-refractivity contribution in [2.24, 2.45) is 5.73 Å². The first kappa shape index (κ1) is 14.1. The van der Waals surface area contributed by atoms with Crippen molar-refractivity contribution in [3.05, 3.63) is 29.3 Å². The number of hydrogen-bond donors (Lipinski definition) is 1. The van der Waals surface area contributed by atoms with Crippen LogP contribution in [0.3, 0.4) is 0 Å². The molecule has 0 bridgehead atoms. The van der Waals surface area contributed by atoms with Gasteiger partial charge in [0.25, 0.3) is 0 Å². The molecular weight excluding hydrogens is 260 g/mol. The van der Waals surface area contributed by atoms with E-state index >= 15 is 0 Å². The highest BCUT2D eigenvalue weighted by atomic mass is 32.2. The Hall–Kier alpha value is -1.35. The van der Waals surface area contributed by atoms with E-state index in [0.29, 0.717) is 24.5 Å². The lowest BCUT2D eigenvalue weighted by atomic mass is 10.1. The molecule has 2 N–H and O–H groups in total. The number of nitrogens with zero attached hydrogens (tertiary/aromatic N) is 1. The second kappa shape index (κ2) is 5.74. The SMILES string of the molecule is Cc1cc(S(=O)(=O)N2CCCC2)ccc1C#CCN. The lowest BCUT2D eigenvalue weighted by molar-refractivity contribution is 0.477. The fourth-order valence-corrected chi connectivity index (χ4v) is 3.76. The number of aryl methyl sites for hydroxylation is 1. The van der Waals surface area contributed by atoms with Crippen molar-refractivity contribution in [1.82, 2.24) is 4.31 Å².